The predicted octanol–water partition coefficient (Wildman–Crippen LogP) is 1.70. The summed E-state index contributed by atoms with van der Waals surface area (Å²) in [6, 6.07) is 6.80. The van der Waals surface area contributed by atoms with Crippen molar-refractivity contribution in [3.63, 3.8) is 0 Å². The van der Waals surface area contributed by atoms with Crippen LogP contribution in [0.4, 0.5) is 11.4 Å². The Balaban J connectivity index is 2.44. The molecular formula is C13H18N4O2S. The molecule has 0 saturated carbocycles. The molecule has 0 atom stereocenters. The highest BCUT2D eigenvalue weighted by atomic mass is 32.2. The van der Waals surface area contributed by atoms with E-state index < -0.39 is 10.0 Å². The zero-order valence-corrected chi connectivity index (χ0v) is 12.3. The number of aromatic nitrogens is 2. The van der Waals surface area contributed by atoms with Gasteiger partial charge in [0.1, 0.15) is 0 Å². The van der Waals surface area contributed by atoms with Crippen LogP contribution in [-0.2, 0) is 16.6 Å². The molecule has 1 aromatic heterocycles. The van der Waals surface area contributed by atoms with Crippen LogP contribution in [-0.4, -0.2) is 24.5 Å². The summed E-state index contributed by atoms with van der Waals surface area (Å²) in [6.07, 6.45) is 3.05. The second-order valence-electron chi connectivity index (χ2n) is 4.31. The summed E-state index contributed by atoms with van der Waals surface area (Å²) >= 11 is 0. The number of nitrogens with zero attached hydrogens (tertiary/aromatic N) is 3. The van der Waals surface area contributed by atoms with Gasteiger partial charge in [0.05, 0.1) is 12.0 Å². The van der Waals surface area contributed by atoms with Crippen LogP contribution in [0.2, 0.25) is 0 Å². The van der Waals surface area contributed by atoms with Gasteiger partial charge in [-0.05, 0) is 32.0 Å². The van der Waals surface area contributed by atoms with Gasteiger partial charge in [-0.1, -0.05) is 6.07 Å². The summed E-state index contributed by atoms with van der Waals surface area (Å²) < 4.78 is 28.2. The van der Waals surface area contributed by atoms with Crippen molar-refractivity contribution in [1.82, 2.24) is 9.55 Å². The summed E-state index contributed by atoms with van der Waals surface area (Å²) in [4.78, 5) is 3.98. The van der Waals surface area contributed by atoms with E-state index in [-0.39, 0.29) is 5.03 Å². The first kappa shape index (κ1) is 14.4. The van der Waals surface area contributed by atoms with E-state index in [2.05, 4.69) is 4.98 Å². The van der Waals surface area contributed by atoms with Crippen molar-refractivity contribution in [2.45, 2.75) is 25.4 Å². The monoisotopic (exact) mass is 294 g/mol. The van der Waals surface area contributed by atoms with Crippen molar-refractivity contribution in [2.24, 2.45) is 0 Å². The third-order valence-electron chi connectivity index (χ3n) is 2.97. The Morgan fingerprint density at radius 3 is 2.65 bits per heavy atom. The molecule has 0 aliphatic rings. The van der Waals surface area contributed by atoms with Gasteiger partial charge >= 0.3 is 0 Å². The Morgan fingerprint density at radius 1 is 1.35 bits per heavy atom. The minimum Gasteiger partial charge on any atom is -0.399 e. The summed E-state index contributed by atoms with van der Waals surface area (Å²) in [5, 5.41) is 0.0450. The number of imidazole rings is 1. The molecule has 0 saturated heterocycles. The highest BCUT2D eigenvalue weighted by molar-refractivity contribution is 7.92. The Morgan fingerprint density at radius 2 is 2.10 bits per heavy atom. The van der Waals surface area contributed by atoms with E-state index in [9.17, 15) is 8.42 Å². The third kappa shape index (κ3) is 2.62. The summed E-state index contributed by atoms with van der Waals surface area (Å²) in [5.74, 6) is 0. The molecule has 1 heterocycles. The van der Waals surface area contributed by atoms with Crippen LogP contribution in [0.25, 0.3) is 0 Å². The van der Waals surface area contributed by atoms with Crippen LogP contribution >= 0.6 is 0 Å². The van der Waals surface area contributed by atoms with Gasteiger partial charge in [-0.3, -0.25) is 4.31 Å². The van der Waals surface area contributed by atoms with E-state index in [1.807, 2.05) is 6.92 Å². The van der Waals surface area contributed by atoms with Gasteiger partial charge in [0, 0.05) is 25.0 Å². The Bertz CT molecular complexity index is 694. The smallest absolute Gasteiger partial charge is 0.283 e. The molecule has 6 nitrogen and oxygen atoms in total. The van der Waals surface area contributed by atoms with Crippen molar-refractivity contribution in [2.75, 3.05) is 16.6 Å². The first-order valence-corrected chi connectivity index (χ1v) is 7.83. The number of hydrogen-bond donors (Lipinski definition) is 1. The minimum atomic E-state index is -3.66. The molecule has 7 heteroatoms. The highest BCUT2D eigenvalue weighted by Gasteiger charge is 2.26. The minimum absolute atomic E-state index is 0.0450. The zero-order chi connectivity index (χ0) is 14.8. The molecule has 0 radical (unpaired) electrons. The molecule has 2 N–H and O–H groups in total. The fraction of sp³-hybridized carbons (Fsp3) is 0.308. The molecule has 108 valence electrons. The van der Waals surface area contributed by atoms with Crippen LogP contribution in [0.1, 0.15) is 13.8 Å². The number of nitrogen functional groups attached to an aromatic ring is 1. The van der Waals surface area contributed by atoms with E-state index in [4.69, 9.17) is 5.73 Å². The lowest BCUT2D eigenvalue weighted by Gasteiger charge is -2.21. The molecule has 0 amide bonds. The molecule has 0 bridgehead atoms. The Labute approximate surface area is 118 Å². The lowest BCUT2D eigenvalue weighted by Crippen LogP contribution is -2.31. The van der Waals surface area contributed by atoms with Crippen LogP contribution in [0.15, 0.2) is 41.8 Å². The van der Waals surface area contributed by atoms with Gasteiger partial charge in [-0.2, -0.15) is 8.42 Å². The summed E-state index contributed by atoms with van der Waals surface area (Å²) in [7, 11) is -3.66. The van der Waals surface area contributed by atoms with Gasteiger partial charge in [0.25, 0.3) is 10.0 Å². The van der Waals surface area contributed by atoms with Gasteiger partial charge in [-0.15, -0.1) is 0 Å². The second-order valence-corrected chi connectivity index (χ2v) is 6.12. The topological polar surface area (TPSA) is 81.2 Å². The molecule has 0 spiro atoms. The molecule has 0 aliphatic carbocycles. The maximum absolute atomic E-state index is 12.6. The van der Waals surface area contributed by atoms with Crippen molar-refractivity contribution in [3.05, 3.63) is 36.8 Å². The first-order valence-electron chi connectivity index (χ1n) is 6.39. The molecule has 2 rings (SSSR count). The number of anilines is 2. The van der Waals surface area contributed by atoms with Gasteiger partial charge in [0.2, 0.25) is 0 Å². The Kier molecular flexibility index (Phi) is 3.99. The van der Waals surface area contributed by atoms with E-state index in [0.29, 0.717) is 24.5 Å². The van der Waals surface area contributed by atoms with Crippen LogP contribution in [0.5, 0.6) is 0 Å². The molecule has 0 unspecified atom stereocenters. The maximum Gasteiger partial charge on any atom is 0.283 e. The number of rotatable bonds is 5. The van der Waals surface area contributed by atoms with E-state index in [1.54, 1.807) is 35.8 Å². The molecule has 1 aromatic carbocycles. The predicted molar refractivity (Wildman–Crippen MR) is 79.0 cm³/mol. The number of hydrogen-bond acceptors (Lipinski definition) is 4. The van der Waals surface area contributed by atoms with Crippen LogP contribution in [0.3, 0.4) is 0 Å². The number of aryl methyl sites for hydroxylation is 1. The summed E-state index contributed by atoms with van der Waals surface area (Å²) in [5.41, 5.74) is 6.78. The highest BCUT2D eigenvalue weighted by Crippen LogP contribution is 2.24. The third-order valence-corrected chi connectivity index (χ3v) is 4.76. The zero-order valence-electron chi connectivity index (χ0n) is 11.5. The first-order chi connectivity index (χ1) is 9.48. The largest absolute Gasteiger partial charge is 0.399 e. The lowest BCUT2D eigenvalue weighted by molar-refractivity contribution is 0.588. The van der Waals surface area contributed by atoms with Gasteiger partial charge in [-0.25, -0.2) is 4.98 Å². The fourth-order valence-electron chi connectivity index (χ4n) is 1.93. The Hall–Kier alpha value is -2.02. The molecule has 0 fully saturated rings. The van der Waals surface area contributed by atoms with E-state index >= 15 is 0 Å². The average molecular weight is 294 g/mol. The molecule has 0 aliphatic heterocycles. The number of benzene rings is 1. The van der Waals surface area contributed by atoms with Crippen molar-refractivity contribution in [1.29, 1.82) is 0 Å². The number of sulfonamides is 1. The van der Waals surface area contributed by atoms with Crippen molar-refractivity contribution < 1.29 is 8.42 Å². The quantitative estimate of drug-likeness (QED) is 0.851. The van der Waals surface area contributed by atoms with Gasteiger partial charge in [0.15, 0.2) is 5.03 Å². The molecule has 2 aromatic rings. The van der Waals surface area contributed by atoms with E-state index in [0.717, 1.165) is 0 Å². The fourth-order valence-corrected chi connectivity index (χ4v) is 3.34. The lowest BCUT2D eigenvalue weighted by atomic mass is 10.3. The van der Waals surface area contributed by atoms with Crippen LogP contribution < -0.4 is 10.0 Å². The van der Waals surface area contributed by atoms with Crippen molar-refractivity contribution >= 4 is 21.4 Å². The normalized spacial score (nSPS) is 11.5. The maximum atomic E-state index is 12.6. The average Bonchev–Trinajstić information content (AvgIpc) is 2.89. The van der Waals surface area contributed by atoms with E-state index in [1.165, 1.54) is 16.8 Å². The van der Waals surface area contributed by atoms with Crippen LogP contribution in [0, 0.1) is 0 Å². The second kappa shape index (κ2) is 5.54. The SMILES string of the molecule is CCN(c1cccc(N)c1)S(=O)(=O)c1cn(CC)cn1. The molecular weight excluding hydrogens is 276 g/mol. The number of nitrogens with two attached hydrogens (primary N) is 1. The molecule has 20 heavy (non-hydrogen) atoms. The summed E-state index contributed by atoms with van der Waals surface area (Å²) in [6.45, 7) is 4.68. The van der Waals surface area contributed by atoms with Gasteiger partial charge < -0.3 is 10.3 Å². The van der Waals surface area contributed by atoms with Crippen molar-refractivity contribution in [3.8, 4) is 0 Å². The standard InChI is InChI=1S/C13H18N4O2S/c1-3-16-9-13(15-10-16)20(18,19)17(4-2)12-7-5-6-11(14)8-12/h5-10H,3-4,14H2,1-2H3.